The number of piperidine rings is 1. The summed E-state index contributed by atoms with van der Waals surface area (Å²) in [5.74, 6) is 0.169. The van der Waals surface area contributed by atoms with Crippen LogP contribution in [0.15, 0.2) is 0 Å². The van der Waals surface area contributed by atoms with Gasteiger partial charge in [0.05, 0.1) is 6.61 Å². The summed E-state index contributed by atoms with van der Waals surface area (Å²) in [5, 5.41) is 12.5. The monoisotopic (exact) mass is 214 g/mol. The summed E-state index contributed by atoms with van der Waals surface area (Å²) < 4.78 is 0. The van der Waals surface area contributed by atoms with Crippen molar-refractivity contribution in [2.45, 2.75) is 45.2 Å². The van der Waals surface area contributed by atoms with E-state index in [1.54, 1.807) is 6.92 Å². The fourth-order valence-corrected chi connectivity index (χ4v) is 1.99. The molecule has 0 saturated carbocycles. The van der Waals surface area contributed by atoms with Gasteiger partial charge in [0, 0.05) is 32.1 Å². The summed E-state index contributed by atoms with van der Waals surface area (Å²) in [6.07, 6.45) is 2.94. The van der Waals surface area contributed by atoms with Gasteiger partial charge >= 0.3 is 0 Å². The number of hydrogen-bond donors (Lipinski definition) is 2. The first-order valence-corrected chi connectivity index (χ1v) is 5.79. The van der Waals surface area contributed by atoms with Gasteiger partial charge in [-0.25, -0.2) is 0 Å². The zero-order valence-electron chi connectivity index (χ0n) is 9.70. The molecule has 1 saturated heterocycles. The van der Waals surface area contributed by atoms with Crippen LogP contribution < -0.4 is 5.32 Å². The number of carbonyl (C=O) groups is 1. The maximum Gasteiger partial charge on any atom is 0.219 e. The summed E-state index contributed by atoms with van der Waals surface area (Å²) in [7, 11) is 0. The van der Waals surface area contributed by atoms with Crippen molar-refractivity contribution in [3.8, 4) is 0 Å². The number of aliphatic hydroxyl groups is 1. The van der Waals surface area contributed by atoms with Crippen LogP contribution in [0.2, 0.25) is 0 Å². The Morgan fingerprint density at radius 1 is 1.53 bits per heavy atom. The summed E-state index contributed by atoms with van der Waals surface area (Å²) in [4.78, 5) is 13.0. The summed E-state index contributed by atoms with van der Waals surface area (Å²) >= 11 is 0. The van der Waals surface area contributed by atoms with E-state index >= 15 is 0 Å². The van der Waals surface area contributed by atoms with Crippen LogP contribution in [0.3, 0.4) is 0 Å². The predicted octanol–water partition coefficient (Wildman–Crippen LogP) is 0.358. The molecule has 0 aromatic rings. The molecule has 4 nitrogen and oxygen atoms in total. The van der Waals surface area contributed by atoms with Crippen molar-refractivity contribution in [1.82, 2.24) is 10.2 Å². The zero-order valence-corrected chi connectivity index (χ0v) is 9.70. The number of rotatable bonds is 4. The lowest BCUT2D eigenvalue weighted by Crippen LogP contribution is -2.48. The minimum absolute atomic E-state index is 0.169. The molecular weight excluding hydrogens is 192 g/mol. The Hall–Kier alpha value is -0.610. The third-order valence-electron chi connectivity index (χ3n) is 3.12. The van der Waals surface area contributed by atoms with Gasteiger partial charge in [0.25, 0.3) is 0 Å². The van der Waals surface area contributed by atoms with Gasteiger partial charge in [-0.3, -0.25) is 4.79 Å². The zero-order chi connectivity index (χ0) is 11.3. The van der Waals surface area contributed by atoms with E-state index in [2.05, 4.69) is 12.2 Å². The maximum absolute atomic E-state index is 11.1. The lowest BCUT2D eigenvalue weighted by Gasteiger charge is -2.33. The normalized spacial score (nSPS) is 20.3. The van der Waals surface area contributed by atoms with E-state index in [0.29, 0.717) is 6.04 Å². The van der Waals surface area contributed by atoms with Crippen molar-refractivity contribution in [1.29, 1.82) is 0 Å². The predicted molar refractivity (Wildman–Crippen MR) is 59.6 cm³/mol. The van der Waals surface area contributed by atoms with Crippen LogP contribution in [0.4, 0.5) is 0 Å². The van der Waals surface area contributed by atoms with Crippen LogP contribution in [-0.4, -0.2) is 47.7 Å². The Bertz CT molecular complexity index is 197. The average Bonchev–Trinajstić information content (AvgIpc) is 2.26. The Kier molecular flexibility index (Phi) is 5.05. The number of likely N-dealkylation sites (tertiary alicyclic amines) is 1. The second-order valence-corrected chi connectivity index (χ2v) is 4.23. The van der Waals surface area contributed by atoms with Gasteiger partial charge in [-0.1, -0.05) is 6.92 Å². The Morgan fingerprint density at radius 3 is 2.53 bits per heavy atom. The minimum atomic E-state index is 0.169. The number of hydrogen-bond acceptors (Lipinski definition) is 3. The van der Waals surface area contributed by atoms with Gasteiger partial charge in [0.15, 0.2) is 0 Å². The van der Waals surface area contributed by atoms with Crippen molar-refractivity contribution in [3.05, 3.63) is 0 Å². The van der Waals surface area contributed by atoms with Crippen LogP contribution in [0, 0.1) is 0 Å². The molecule has 4 heteroatoms. The average molecular weight is 214 g/mol. The molecule has 1 rings (SSSR count). The molecule has 1 fully saturated rings. The molecular formula is C11H22N2O2. The van der Waals surface area contributed by atoms with Gasteiger partial charge in [0.2, 0.25) is 5.91 Å². The molecule has 1 amide bonds. The van der Waals surface area contributed by atoms with E-state index < -0.39 is 0 Å². The second-order valence-electron chi connectivity index (χ2n) is 4.23. The quantitative estimate of drug-likeness (QED) is 0.710. The van der Waals surface area contributed by atoms with Gasteiger partial charge in [0.1, 0.15) is 0 Å². The highest BCUT2D eigenvalue weighted by Crippen LogP contribution is 2.11. The Labute approximate surface area is 91.6 Å². The van der Waals surface area contributed by atoms with E-state index in [9.17, 15) is 4.79 Å². The minimum Gasteiger partial charge on any atom is -0.395 e. The highest BCUT2D eigenvalue weighted by molar-refractivity contribution is 5.73. The van der Waals surface area contributed by atoms with E-state index in [4.69, 9.17) is 5.11 Å². The SMILES string of the molecule is CC[C@@H](CO)NC1CCN(C(C)=O)CC1. The first kappa shape index (κ1) is 12.5. The molecule has 88 valence electrons. The molecule has 1 aliphatic rings. The van der Waals surface area contributed by atoms with E-state index in [0.717, 1.165) is 32.4 Å². The van der Waals surface area contributed by atoms with Crippen molar-refractivity contribution in [2.24, 2.45) is 0 Å². The first-order chi connectivity index (χ1) is 7.17. The molecule has 0 aromatic heterocycles. The van der Waals surface area contributed by atoms with Gasteiger partial charge in [-0.05, 0) is 19.3 Å². The molecule has 1 atom stereocenters. The summed E-state index contributed by atoms with van der Waals surface area (Å²) in [6.45, 7) is 5.57. The third-order valence-corrected chi connectivity index (χ3v) is 3.12. The molecule has 0 aromatic carbocycles. The molecule has 1 aliphatic heterocycles. The van der Waals surface area contributed by atoms with Crippen LogP contribution >= 0.6 is 0 Å². The Balaban J connectivity index is 2.28. The molecule has 0 aliphatic carbocycles. The molecule has 0 unspecified atom stereocenters. The lowest BCUT2D eigenvalue weighted by atomic mass is 10.0. The molecule has 0 radical (unpaired) electrons. The number of nitrogens with zero attached hydrogens (tertiary/aromatic N) is 1. The highest BCUT2D eigenvalue weighted by atomic mass is 16.3. The van der Waals surface area contributed by atoms with Gasteiger partial charge in [-0.2, -0.15) is 0 Å². The van der Waals surface area contributed by atoms with E-state index in [1.165, 1.54) is 0 Å². The third kappa shape index (κ3) is 3.80. The number of amides is 1. The molecule has 15 heavy (non-hydrogen) atoms. The van der Waals surface area contributed by atoms with Crippen molar-refractivity contribution in [2.75, 3.05) is 19.7 Å². The van der Waals surface area contributed by atoms with Gasteiger partial charge < -0.3 is 15.3 Å². The van der Waals surface area contributed by atoms with E-state index in [1.807, 2.05) is 4.90 Å². The molecule has 2 N–H and O–H groups in total. The molecule has 0 bridgehead atoms. The molecule has 0 spiro atoms. The number of carbonyl (C=O) groups excluding carboxylic acids is 1. The van der Waals surface area contributed by atoms with Crippen molar-refractivity contribution >= 4 is 5.91 Å². The van der Waals surface area contributed by atoms with Gasteiger partial charge in [-0.15, -0.1) is 0 Å². The number of nitrogens with one attached hydrogen (secondary N) is 1. The Morgan fingerprint density at radius 2 is 2.13 bits per heavy atom. The number of aliphatic hydroxyl groups excluding tert-OH is 1. The van der Waals surface area contributed by atoms with Crippen LogP contribution in [0.1, 0.15) is 33.1 Å². The first-order valence-electron chi connectivity index (χ1n) is 5.79. The summed E-state index contributed by atoms with van der Waals surface area (Å²) in [5.41, 5.74) is 0. The van der Waals surface area contributed by atoms with E-state index in [-0.39, 0.29) is 18.6 Å². The second kappa shape index (κ2) is 6.08. The smallest absolute Gasteiger partial charge is 0.219 e. The summed E-state index contributed by atoms with van der Waals surface area (Å²) in [6, 6.07) is 0.663. The largest absolute Gasteiger partial charge is 0.395 e. The van der Waals surface area contributed by atoms with Crippen LogP contribution in [-0.2, 0) is 4.79 Å². The lowest BCUT2D eigenvalue weighted by molar-refractivity contribution is -0.129. The van der Waals surface area contributed by atoms with Crippen molar-refractivity contribution < 1.29 is 9.90 Å². The standard InChI is InChI=1S/C11H22N2O2/c1-3-10(8-14)12-11-4-6-13(7-5-11)9(2)15/h10-12,14H,3-8H2,1-2H3/t10-/m0/s1. The van der Waals surface area contributed by atoms with Crippen LogP contribution in [0.25, 0.3) is 0 Å². The fraction of sp³-hybridized carbons (Fsp3) is 0.909. The molecule has 1 heterocycles. The topological polar surface area (TPSA) is 52.6 Å². The fourth-order valence-electron chi connectivity index (χ4n) is 1.99. The highest BCUT2D eigenvalue weighted by Gasteiger charge is 2.21. The van der Waals surface area contributed by atoms with Crippen molar-refractivity contribution in [3.63, 3.8) is 0 Å². The maximum atomic E-state index is 11.1. The van der Waals surface area contributed by atoms with Crippen LogP contribution in [0.5, 0.6) is 0 Å².